The number of benzene rings is 1. The summed E-state index contributed by atoms with van der Waals surface area (Å²) in [7, 11) is 3.93. The lowest BCUT2D eigenvalue weighted by atomic mass is 9.85. The molecule has 3 unspecified atom stereocenters. The van der Waals surface area contributed by atoms with Gasteiger partial charge in [-0.25, -0.2) is 9.97 Å². The summed E-state index contributed by atoms with van der Waals surface area (Å²) in [6.07, 6.45) is 2.82. The van der Waals surface area contributed by atoms with E-state index >= 15 is 0 Å². The molecule has 1 aliphatic rings. The minimum Gasteiger partial charge on any atom is -0.366 e. The van der Waals surface area contributed by atoms with Crippen LogP contribution in [0.15, 0.2) is 36.4 Å². The van der Waals surface area contributed by atoms with Gasteiger partial charge in [-0.1, -0.05) is 18.2 Å². The average Bonchev–Trinajstić information content (AvgIpc) is 2.68. The highest BCUT2D eigenvalue weighted by molar-refractivity contribution is 6.21. The Labute approximate surface area is 171 Å². The summed E-state index contributed by atoms with van der Waals surface area (Å²) in [5.74, 6) is 2.77. The van der Waals surface area contributed by atoms with Crippen LogP contribution < -0.4 is 15.5 Å². The number of aromatic nitrogens is 2. The van der Waals surface area contributed by atoms with Crippen molar-refractivity contribution in [3.63, 3.8) is 0 Å². The number of halogens is 1. The van der Waals surface area contributed by atoms with Crippen molar-refractivity contribution in [3.8, 4) is 0 Å². The van der Waals surface area contributed by atoms with Gasteiger partial charge in [-0.2, -0.15) is 0 Å². The third-order valence-corrected chi connectivity index (χ3v) is 5.57. The topological polar surface area (TPSA) is 70.2 Å². The van der Waals surface area contributed by atoms with Crippen molar-refractivity contribution in [2.45, 2.75) is 37.6 Å². The van der Waals surface area contributed by atoms with Crippen molar-refractivity contribution in [1.29, 1.82) is 0 Å². The Morgan fingerprint density at radius 3 is 2.64 bits per heavy atom. The SMILES string of the molecule is Cc1nc(NC2CCC(CNC(=O)c3ccccc3)CC2Cl)cc(N(C)C)n1. The highest BCUT2D eigenvalue weighted by atomic mass is 35.5. The van der Waals surface area contributed by atoms with Crippen LogP contribution >= 0.6 is 11.6 Å². The normalized spacial score (nSPS) is 21.8. The molecule has 1 aliphatic carbocycles. The highest BCUT2D eigenvalue weighted by Gasteiger charge is 2.29. The molecule has 150 valence electrons. The highest BCUT2D eigenvalue weighted by Crippen LogP contribution is 2.30. The van der Waals surface area contributed by atoms with E-state index < -0.39 is 0 Å². The Bertz CT molecular complexity index is 799. The Kier molecular flexibility index (Phi) is 6.73. The molecule has 1 aromatic heterocycles. The second-order valence-corrected chi connectivity index (χ2v) is 8.14. The molecule has 3 rings (SSSR count). The van der Waals surface area contributed by atoms with Crippen molar-refractivity contribution in [2.24, 2.45) is 5.92 Å². The maximum atomic E-state index is 12.2. The van der Waals surface area contributed by atoms with Gasteiger partial charge in [-0.3, -0.25) is 4.79 Å². The first kappa shape index (κ1) is 20.4. The van der Waals surface area contributed by atoms with Gasteiger partial charge in [0.05, 0.1) is 5.38 Å². The number of aryl methyl sites for hydroxylation is 1. The molecular weight excluding hydrogens is 374 g/mol. The zero-order valence-electron chi connectivity index (χ0n) is 16.7. The maximum Gasteiger partial charge on any atom is 0.251 e. The van der Waals surface area contributed by atoms with Gasteiger partial charge in [-0.15, -0.1) is 11.6 Å². The molecule has 2 N–H and O–H groups in total. The number of nitrogens with zero attached hydrogens (tertiary/aromatic N) is 3. The fraction of sp³-hybridized carbons (Fsp3) is 0.476. The van der Waals surface area contributed by atoms with Crippen molar-refractivity contribution >= 4 is 29.1 Å². The Hall–Kier alpha value is -2.34. The first-order valence-electron chi connectivity index (χ1n) is 9.69. The molecule has 0 saturated heterocycles. The maximum absolute atomic E-state index is 12.2. The van der Waals surface area contributed by atoms with Crippen LogP contribution in [0.1, 0.15) is 35.4 Å². The number of anilines is 2. The van der Waals surface area contributed by atoms with Crippen LogP contribution in [0.3, 0.4) is 0 Å². The molecule has 1 aromatic carbocycles. The Morgan fingerprint density at radius 1 is 1.21 bits per heavy atom. The van der Waals surface area contributed by atoms with Crippen LogP contribution in [0, 0.1) is 12.8 Å². The van der Waals surface area contributed by atoms with Crippen LogP contribution in [0.4, 0.5) is 11.6 Å². The van der Waals surface area contributed by atoms with Crippen LogP contribution in [-0.4, -0.2) is 47.9 Å². The van der Waals surface area contributed by atoms with E-state index in [1.807, 2.05) is 62.3 Å². The van der Waals surface area contributed by atoms with Gasteiger partial charge in [0.1, 0.15) is 17.5 Å². The van der Waals surface area contributed by atoms with Gasteiger partial charge in [0, 0.05) is 38.3 Å². The third-order valence-electron chi connectivity index (χ3n) is 5.08. The number of hydrogen-bond acceptors (Lipinski definition) is 5. The number of carbonyl (C=O) groups excluding carboxylic acids is 1. The molecule has 0 spiro atoms. The van der Waals surface area contributed by atoms with E-state index in [9.17, 15) is 4.79 Å². The summed E-state index contributed by atoms with van der Waals surface area (Å²) < 4.78 is 0. The smallest absolute Gasteiger partial charge is 0.251 e. The molecule has 1 fully saturated rings. The minimum absolute atomic E-state index is 0.00884. The first-order valence-corrected chi connectivity index (χ1v) is 10.1. The van der Waals surface area contributed by atoms with Gasteiger partial charge in [0.25, 0.3) is 5.91 Å². The minimum atomic E-state index is -0.0281. The summed E-state index contributed by atoms with van der Waals surface area (Å²) in [6, 6.07) is 11.4. The van der Waals surface area contributed by atoms with Crippen molar-refractivity contribution in [3.05, 3.63) is 47.8 Å². The molecule has 0 bridgehead atoms. The summed E-state index contributed by atoms with van der Waals surface area (Å²) in [5, 5.41) is 6.51. The summed E-state index contributed by atoms with van der Waals surface area (Å²) >= 11 is 6.67. The molecule has 6 nitrogen and oxygen atoms in total. The zero-order valence-corrected chi connectivity index (χ0v) is 17.4. The van der Waals surface area contributed by atoms with E-state index in [0.29, 0.717) is 18.0 Å². The van der Waals surface area contributed by atoms with E-state index in [1.54, 1.807) is 0 Å². The van der Waals surface area contributed by atoms with Crippen molar-refractivity contribution in [2.75, 3.05) is 30.9 Å². The molecule has 3 atom stereocenters. The number of amides is 1. The van der Waals surface area contributed by atoms with Crippen LogP contribution in [0.5, 0.6) is 0 Å². The van der Waals surface area contributed by atoms with Crippen molar-refractivity contribution in [1.82, 2.24) is 15.3 Å². The molecule has 0 radical (unpaired) electrons. The third kappa shape index (κ3) is 5.35. The van der Waals surface area contributed by atoms with Crippen molar-refractivity contribution < 1.29 is 4.79 Å². The summed E-state index contributed by atoms with van der Waals surface area (Å²) in [5.41, 5.74) is 0.691. The predicted molar refractivity (Wildman–Crippen MR) is 114 cm³/mol. The lowest BCUT2D eigenvalue weighted by Gasteiger charge is -2.33. The van der Waals surface area contributed by atoms with Gasteiger partial charge < -0.3 is 15.5 Å². The van der Waals surface area contributed by atoms with Gasteiger partial charge in [0.2, 0.25) is 0 Å². The molecule has 0 aliphatic heterocycles. The molecule has 1 amide bonds. The fourth-order valence-corrected chi connectivity index (χ4v) is 3.96. The monoisotopic (exact) mass is 401 g/mol. The zero-order chi connectivity index (χ0) is 20.1. The van der Waals surface area contributed by atoms with Crippen LogP contribution in [0.2, 0.25) is 0 Å². The van der Waals surface area contributed by atoms with Gasteiger partial charge in [0.15, 0.2) is 0 Å². The quantitative estimate of drug-likeness (QED) is 0.725. The lowest BCUT2D eigenvalue weighted by Crippen LogP contribution is -2.40. The second kappa shape index (κ2) is 9.24. The first-order chi connectivity index (χ1) is 13.4. The fourth-order valence-electron chi connectivity index (χ4n) is 3.52. The Morgan fingerprint density at radius 2 is 1.96 bits per heavy atom. The molecule has 2 aromatic rings. The van der Waals surface area contributed by atoms with Gasteiger partial charge in [-0.05, 0) is 44.2 Å². The van der Waals surface area contributed by atoms with E-state index in [4.69, 9.17) is 11.6 Å². The number of hydrogen-bond donors (Lipinski definition) is 2. The number of alkyl halides is 1. The van der Waals surface area contributed by atoms with E-state index in [-0.39, 0.29) is 17.3 Å². The molecule has 7 heteroatoms. The molecule has 1 saturated carbocycles. The largest absolute Gasteiger partial charge is 0.366 e. The summed E-state index contributed by atoms with van der Waals surface area (Å²) in [6.45, 7) is 2.55. The number of nitrogens with one attached hydrogen (secondary N) is 2. The summed E-state index contributed by atoms with van der Waals surface area (Å²) in [4.78, 5) is 23.1. The number of carbonyl (C=O) groups is 1. The van der Waals surface area contributed by atoms with E-state index in [1.165, 1.54) is 0 Å². The Balaban J connectivity index is 1.52. The van der Waals surface area contributed by atoms with E-state index in [0.717, 1.165) is 36.7 Å². The lowest BCUT2D eigenvalue weighted by molar-refractivity contribution is 0.0943. The average molecular weight is 402 g/mol. The van der Waals surface area contributed by atoms with Crippen LogP contribution in [0.25, 0.3) is 0 Å². The molecular formula is C21H28ClN5O. The number of rotatable bonds is 6. The molecule has 1 heterocycles. The molecule has 28 heavy (non-hydrogen) atoms. The van der Waals surface area contributed by atoms with Crippen LogP contribution in [-0.2, 0) is 0 Å². The van der Waals surface area contributed by atoms with Gasteiger partial charge >= 0.3 is 0 Å². The predicted octanol–water partition coefficient (Wildman–Crippen LogP) is 3.47. The standard InChI is InChI=1S/C21H28ClN5O/c1-14-24-19(12-20(25-14)27(2)3)26-18-10-9-15(11-17(18)22)13-23-21(28)16-7-5-4-6-8-16/h4-8,12,15,17-18H,9-11,13H2,1-3H3,(H,23,28)(H,24,25,26). The van der Waals surface area contributed by atoms with E-state index in [2.05, 4.69) is 20.6 Å². The second-order valence-electron chi connectivity index (χ2n) is 7.57.